The minimum Gasteiger partial charge on any atom is -0.496 e. The molecule has 1 aromatic rings. The normalized spacial score (nSPS) is 10.6. The van der Waals surface area contributed by atoms with Crippen LogP contribution in [0.5, 0.6) is 5.75 Å². The molecule has 0 amide bonds. The van der Waals surface area contributed by atoms with Gasteiger partial charge in [-0.3, -0.25) is 0 Å². The van der Waals surface area contributed by atoms with E-state index in [1.54, 1.807) is 7.11 Å². The number of halogens is 2. The lowest BCUT2D eigenvalue weighted by atomic mass is 10.0. The molecule has 96 valence electrons. The van der Waals surface area contributed by atoms with Crippen molar-refractivity contribution in [2.75, 3.05) is 12.4 Å². The summed E-state index contributed by atoms with van der Waals surface area (Å²) in [6.45, 7) is 2.07. The third kappa shape index (κ3) is 4.51. The van der Waals surface area contributed by atoms with Gasteiger partial charge < -0.3 is 4.74 Å². The highest BCUT2D eigenvalue weighted by Gasteiger charge is 2.09. The summed E-state index contributed by atoms with van der Waals surface area (Å²) in [5, 5.41) is 1.94. The van der Waals surface area contributed by atoms with Gasteiger partial charge in [0, 0.05) is 10.4 Å². The molecule has 1 aromatic carbocycles. The van der Waals surface area contributed by atoms with Gasteiger partial charge in [-0.1, -0.05) is 40.4 Å². The molecule has 0 saturated heterocycles. The Kier molecular flexibility index (Phi) is 6.98. The summed E-state index contributed by atoms with van der Waals surface area (Å²) in [4.78, 5) is 0. The second-order valence-electron chi connectivity index (χ2n) is 4.21. The SMILES string of the molecule is COc1ccc(Cl)c(C)c1CCCCCCBr. The van der Waals surface area contributed by atoms with Crippen molar-refractivity contribution in [2.45, 2.75) is 39.0 Å². The molecule has 0 radical (unpaired) electrons. The number of hydrogen-bond acceptors (Lipinski definition) is 1. The van der Waals surface area contributed by atoms with Crippen LogP contribution in [-0.2, 0) is 6.42 Å². The van der Waals surface area contributed by atoms with Crippen LogP contribution in [0.3, 0.4) is 0 Å². The zero-order valence-electron chi connectivity index (χ0n) is 10.6. The van der Waals surface area contributed by atoms with Crippen LogP contribution in [0, 0.1) is 6.92 Å². The van der Waals surface area contributed by atoms with Crippen molar-refractivity contribution < 1.29 is 4.74 Å². The lowest BCUT2D eigenvalue weighted by Crippen LogP contribution is -1.96. The van der Waals surface area contributed by atoms with Gasteiger partial charge in [0.25, 0.3) is 0 Å². The van der Waals surface area contributed by atoms with E-state index in [0.29, 0.717) is 0 Å². The Morgan fingerprint density at radius 3 is 2.53 bits per heavy atom. The number of ether oxygens (including phenoxy) is 1. The Morgan fingerprint density at radius 1 is 1.18 bits per heavy atom. The topological polar surface area (TPSA) is 9.23 Å². The molecule has 0 atom stereocenters. The van der Waals surface area contributed by atoms with Gasteiger partial charge in [0.1, 0.15) is 5.75 Å². The number of rotatable bonds is 7. The fourth-order valence-corrected chi connectivity index (χ4v) is 2.53. The van der Waals surface area contributed by atoms with Gasteiger partial charge in [-0.2, -0.15) is 0 Å². The van der Waals surface area contributed by atoms with E-state index in [1.807, 2.05) is 12.1 Å². The predicted octanol–water partition coefficient (Wildman–Crippen LogP) is 5.15. The highest BCUT2D eigenvalue weighted by Crippen LogP contribution is 2.29. The molecule has 1 rings (SSSR count). The molecule has 0 fully saturated rings. The fourth-order valence-electron chi connectivity index (χ4n) is 1.96. The summed E-state index contributed by atoms with van der Waals surface area (Å²) in [6.07, 6.45) is 6.06. The largest absolute Gasteiger partial charge is 0.496 e. The van der Waals surface area contributed by atoms with E-state index in [-0.39, 0.29) is 0 Å². The number of hydrogen-bond donors (Lipinski definition) is 0. The second-order valence-corrected chi connectivity index (χ2v) is 5.41. The summed E-state index contributed by atoms with van der Waals surface area (Å²) >= 11 is 9.60. The third-order valence-corrected chi connectivity index (χ3v) is 3.99. The van der Waals surface area contributed by atoms with Crippen LogP contribution < -0.4 is 4.74 Å². The van der Waals surface area contributed by atoms with Crippen molar-refractivity contribution in [3.05, 3.63) is 28.3 Å². The zero-order valence-corrected chi connectivity index (χ0v) is 12.9. The van der Waals surface area contributed by atoms with Crippen LogP contribution in [-0.4, -0.2) is 12.4 Å². The first-order chi connectivity index (χ1) is 8.20. The Balaban J connectivity index is 2.59. The van der Waals surface area contributed by atoms with Gasteiger partial charge in [-0.25, -0.2) is 0 Å². The molecule has 0 aromatic heterocycles. The Morgan fingerprint density at radius 2 is 1.88 bits per heavy atom. The molecule has 0 aliphatic carbocycles. The summed E-state index contributed by atoms with van der Waals surface area (Å²) in [6, 6.07) is 3.87. The van der Waals surface area contributed by atoms with Gasteiger partial charge in [0.2, 0.25) is 0 Å². The lowest BCUT2D eigenvalue weighted by Gasteiger charge is -2.12. The maximum Gasteiger partial charge on any atom is 0.122 e. The molecule has 0 heterocycles. The monoisotopic (exact) mass is 318 g/mol. The Bertz CT molecular complexity index is 352. The molecule has 0 N–H and O–H groups in total. The van der Waals surface area contributed by atoms with Crippen LogP contribution in [0.2, 0.25) is 5.02 Å². The molecule has 0 bridgehead atoms. The van der Waals surface area contributed by atoms with Crippen molar-refractivity contribution >= 4 is 27.5 Å². The van der Waals surface area contributed by atoms with E-state index < -0.39 is 0 Å². The van der Waals surface area contributed by atoms with Crippen molar-refractivity contribution in [2.24, 2.45) is 0 Å². The van der Waals surface area contributed by atoms with Crippen LogP contribution >= 0.6 is 27.5 Å². The number of unbranched alkanes of at least 4 members (excludes halogenated alkanes) is 3. The van der Waals surface area contributed by atoms with Gasteiger partial charge in [-0.05, 0) is 49.4 Å². The van der Waals surface area contributed by atoms with E-state index in [9.17, 15) is 0 Å². The van der Waals surface area contributed by atoms with Crippen LogP contribution in [0.1, 0.15) is 36.8 Å². The van der Waals surface area contributed by atoms with Crippen LogP contribution in [0.25, 0.3) is 0 Å². The molecule has 0 saturated carbocycles. The van der Waals surface area contributed by atoms with Crippen molar-refractivity contribution in [1.29, 1.82) is 0 Å². The first-order valence-corrected chi connectivity index (χ1v) is 7.58. The van der Waals surface area contributed by atoms with Crippen molar-refractivity contribution in [3.8, 4) is 5.75 Å². The second kappa shape index (κ2) is 7.99. The third-order valence-electron chi connectivity index (χ3n) is 3.02. The average molecular weight is 320 g/mol. The van der Waals surface area contributed by atoms with E-state index in [2.05, 4.69) is 22.9 Å². The van der Waals surface area contributed by atoms with Gasteiger partial charge >= 0.3 is 0 Å². The molecule has 0 aliphatic heterocycles. The average Bonchev–Trinajstić information content (AvgIpc) is 2.34. The minimum absolute atomic E-state index is 0.834. The van der Waals surface area contributed by atoms with Gasteiger partial charge in [0.15, 0.2) is 0 Å². The van der Waals surface area contributed by atoms with Crippen molar-refractivity contribution in [3.63, 3.8) is 0 Å². The highest BCUT2D eigenvalue weighted by atomic mass is 79.9. The minimum atomic E-state index is 0.834. The number of benzene rings is 1. The van der Waals surface area contributed by atoms with Gasteiger partial charge in [0.05, 0.1) is 7.11 Å². The molecule has 0 spiro atoms. The maximum atomic E-state index is 6.14. The lowest BCUT2D eigenvalue weighted by molar-refractivity contribution is 0.408. The predicted molar refractivity (Wildman–Crippen MR) is 78.7 cm³/mol. The van der Waals surface area contributed by atoms with Crippen LogP contribution in [0.4, 0.5) is 0 Å². The van der Waals surface area contributed by atoms with E-state index >= 15 is 0 Å². The van der Waals surface area contributed by atoms with Gasteiger partial charge in [-0.15, -0.1) is 0 Å². The number of alkyl halides is 1. The molecule has 3 heteroatoms. The molecule has 0 aliphatic rings. The summed E-state index contributed by atoms with van der Waals surface area (Å²) in [7, 11) is 1.72. The van der Waals surface area contributed by atoms with E-state index in [4.69, 9.17) is 16.3 Å². The van der Waals surface area contributed by atoms with Crippen molar-refractivity contribution in [1.82, 2.24) is 0 Å². The van der Waals surface area contributed by atoms with E-state index in [1.165, 1.54) is 31.2 Å². The first-order valence-electron chi connectivity index (χ1n) is 6.08. The Labute approximate surface area is 118 Å². The zero-order chi connectivity index (χ0) is 12.7. The molecule has 0 unspecified atom stereocenters. The summed E-state index contributed by atoms with van der Waals surface area (Å²) in [5.41, 5.74) is 2.42. The Hall–Kier alpha value is -0.210. The maximum absolute atomic E-state index is 6.14. The standard InChI is InChI=1S/C14H20BrClO/c1-11-12(7-5-3-4-6-10-15)14(17-2)9-8-13(11)16/h8-9H,3-7,10H2,1-2H3. The molecular formula is C14H20BrClO. The molecular weight excluding hydrogens is 300 g/mol. The number of methoxy groups -OCH3 is 1. The first kappa shape index (κ1) is 14.8. The molecule has 1 nitrogen and oxygen atoms in total. The summed E-state index contributed by atoms with van der Waals surface area (Å²) < 4.78 is 5.39. The van der Waals surface area contributed by atoms with Crippen LogP contribution in [0.15, 0.2) is 12.1 Å². The molecule has 17 heavy (non-hydrogen) atoms. The highest BCUT2D eigenvalue weighted by molar-refractivity contribution is 9.09. The smallest absolute Gasteiger partial charge is 0.122 e. The summed E-state index contributed by atoms with van der Waals surface area (Å²) in [5.74, 6) is 0.965. The van der Waals surface area contributed by atoms with E-state index in [0.717, 1.165) is 28.1 Å². The fraction of sp³-hybridized carbons (Fsp3) is 0.571. The quantitative estimate of drug-likeness (QED) is 0.498.